The van der Waals surface area contributed by atoms with Gasteiger partial charge in [-0.2, -0.15) is 0 Å². The van der Waals surface area contributed by atoms with Crippen molar-refractivity contribution in [3.8, 4) is 0 Å². The van der Waals surface area contributed by atoms with E-state index in [1.165, 1.54) is 0 Å². The third-order valence-electron chi connectivity index (χ3n) is 2.25. The van der Waals surface area contributed by atoms with Crippen molar-refractivity contribution in [1.82, 2.24) is 6.15 Å². The highest BCUT2D eigenvalue weighted by atomic mass is 32.5. The minimum Gasteiger partial charge on any atom is -0.379 e. The molecule has 20 heavy (non-hydrogen) atoms. The van der Waals surface area contributed by atoms with Crippen LogP contribution in [0.1, 0.15) is 39.5 Å². The molecule has 0 radical (unpaired) electrons. The van der Waals surface area contributed by atoms with E-state index in [1.807, 2.05) is 0 Å². The fourth-order valence-electron chi connectivity index (χ4n) is 1.16. The van der Waals surface area contributed by atoms with Crippen LogP contribution in [-0.2, 0) is 30.3 Å². The summed E-state index contributed by atoms with van der Waals surface area (Å²) in [6.45, 7) is 3.86. The van der Waals surface area contributed by atoms with Gasteiger partial charge in [0.15, 0.2) is 0 Å². The average molecular weight is 331 g/mol. The maximum atomic E-state index is 9.69. The normalized spacial score (nSPS) is 11.3. The zero-order chi connectivity index (χ0) is 14.4. The molecule has 0 rings (SSSR count). The van der Waals surface area contributed by atoms with Crippen LogP contribution in [0.2, 0.25) is 0 Å². The first-order chi connectivity index (χ1) is 9.12. The number of rotatable bonds is 14. The molecule has 0 saturated carbocycles. The Balaban J connectivity index is 0. The number of hydrogen-bond donors (Lipinski definition) is 2. The second-order valence-electron chi connectivity index (χ2n) is 4.07. The Bertz CT molecular complexity index is 226. The molecule has 0 aliphatic rings. The van der Waals surface area contributed by atoms with E-state index in [1.54, 1.807) is 0 Å². The Hall–Kier alpha value is 0.410. The molecule has 0 saturated heterocycles. The zero-order valence-corrected chi connectivity index (χ0v) is 14.4. The Kier molecular flexibility index (Phi) is 17.9. The molecule has 0 heterocycles. The van der Waals surface area contributed by atoms with Crippen molar-refractivity contribution in [2.45, 2.75) is 39.5 Å². The molecule has 124 valence electrons. The van der Waals surface area contributed by atoms with E-state index in [4.69, 9.17) is 30.3 Å². The first-order valence-corrected chi connectivity index (χ1v) is 9.48. The van der Waals surface area contributed by atoms with Crippen LogP contribution in [0.25, 0.3) is 0 Å². The van der Waals surface area contributed by atoms with Crippen molar-refractivity contribution >= 4 is 18.5 Å². The van der Waals surface area contributed by atoms with Gasteiger partial charge in [-0.05, 0) is 24.6 Å². The van der Waals surface area contributed by atoms with Crippen LogP contribution in [-0.4, -0.2) is 44.5 Å². The predicted octanol–water partition coefficient (Wildman–Crippen LogP) is 3.03. The maximum Gasteiger partial charge on any atom is 0.324 e. The molecule has 0 aliphatic heterocycles. The molecule has 0 bridgehead atoms. The molecule has 6 nitrogen and oxygen atoms in total. The van der Waals surface area contributed by atoms with Gasteiger partial charge in [-0.15, -0.1) is 0 Å². The first-order valence-electron chi connectivity index (χ1n) is 6.89. The van der Waals surface area contributed by atoms with Gasteiger partial charge in [-0.3, -0.25) is 0 Å². The minimum atomic E-state index is -3.13. The Morgan fingerprint density at radius 2 is 1.20 bits per heavy atom. The van der Waals surface area contributed by atoms with Gasteiger partial charge in [0.25, 0.3) is 0 Å². The Morgan fingerprint density at radius 3 is 1.55 bits per heavy atom. The largest absolute Gasteiger partial charge is 0.379 e. The van der Waals surface area contributed by atoms with Crippen LogP contribution in [0.15, 0.2) is 0 Å². The van der Waals surface area contributed by atoms with E-state index in [0.29, 0.717) is 26.4 Å². The summed E-state index contributed by atoms with van der Waals surface area (Å²) in [6.07, 6.45) is 4.25. The van der Waals surface area contributed by atoms with Crippen molar-refractivity contribution < 1.29 is 23.4 Å². The lowest BCUT2D eigenvalue weighted by Crippen LogP contribution is -2.08. The lowest BCUT2D eigenvalue weighted by molar-refractivity contribution is 0.0706. The summed E-state index contributed by atoms with van der Waals surface area (Å²) in [5.74, 6) is 0. The molecule has 0 amide bonds. The van der Waals surface area contributed by atoms with E-state index in [9.17, 15) is 4.89 Å². The number of ether oxygens (including phenoxy) is 2. The van der Waals surface area contributed by atoms with Crippen LogP contribution in [0.5, 0.6) is 0 Å². The summed E-state index contributed by atoms with van der Waals surface area (Å²) in [7, 11) is 0. The van der Waals surface area contributed by atoms with Crippen LogP contribution in [0.4, 0.5) is 0 Å². The summed E-state index contributed by atoms with van der Waals surface area (Å²) in [6, 6.07) is 0. The fraction of sp³-hybridized carbons (Fsp3) is 1.00. The average Bonchev–Trinajstić information content (AvgIpc) is 2.38. The molecule has 0 aromatic rings. The summed E-state index contributed by atoms with van der Waals surface area (Å²) >= 11 is 4.86. The van der Waals surface area contributed by atoms with Gasteiger partial charge in [-0.1, -0.05) is 26.7 Å². The lowest BCUT2D eigenvalue weighted by atomic mass is 10.4. The molecule has 0 spiro atoms. The summed E-state index contributed by atoms with van der Waals surface area (Å²) in [4.78, 5) is 9.69. The Labute approximate surface area is 128 Å². The van der Waals surface area contributed by atoms with E-state index >= 15 is 0 Å². The smallest absolute Gasteiger partial charge is 0.324 e. The lowest BCUT2D eigenvalue weighted by Gasteiger charge is -2.15. The number of hydrogen-bond acceptors (Lipinski definition) is 6. The monoisotopic (exact) mass is 331 g/mol. The van der Waals surface area contributed by atoms with Crippen molar-refractivity contribution in [3.05, 3.63) is 0 Å². The molecule has 4 N–H and O–H groups in total. The molecule has 0 unspecified atom stereocenters. The van der Waals surface area contributed by atoms with Crippen LogP contribution in [0, 0.1) is 0 Å². The molecule has 8 heteroatoms. The molecule has 0 aliphatic carbocycles. The fourth-order valence-corrected chi connectivity index (χ4v) is 2.29. The molecular weight excluding hydrogens is 301 g/mol. The minimum absolute atomic E-state index is 0. The van der Waals surface area contributed by atoms with Gasteiger partial charge in [0.1, 0.15) is 0 Å². The molecular formula is C12H30NO5PS. The van der Waals surface area contributed by atoms with Crippen LogP contribution < -0.4 is 6.15 Å². The van der Waals surface area contributed by atoms with Gasteiger partial charge in [0, 0.05) is 13.2 Å². The van der Waals surface area contributed by atoms with Gasteiger partial charge >= 0.3 is 6.72 Å². The predicted molar refractivity (Wildman–Crippen MR) is 84.9 cm³/mol. The standard InChI is InChI=1S/C12H27O5PS.H3N/c1-3-5-7-14-9-11-16-18(13,19)17-12-10-15-8-6-4-2;/h3-12H2,1-2H3,(H,13,19);1H3. The van der Waals surface area contributed by atoms with Crippen LogP contribution >= 0.6 is 6.72 Å². The second-order valence-corrected chi connectivity index (χ2v) is 6.90. The van der Waals surface area contributed by atoms with Gasteiger partial charge in [0.2, 0.25) is 0 Å². The highest BCUT2D eigenvalue weighted by molar-refractivity contribution is 8.07. The SMILES string of the molecule is CCCCOCCOP(O)(=S)OCCOCCCC.N. The third kappa shape index (κ3) is 16.5. The summed E-state index contributed by atoms with van der Waals surface area (Å²) in [5, 5.41) is 0. The van der Waals surface area contributed by atoms with E-state index in [2.05, 4.69) is 13.8 Å². The van der Waals surface area contributed by atoms with Crippen molar-refractivity contribution in [3.63, 3.8) is 0 Å². The quantitative estimate of drug-likeness (QED) is 0.373. The Morgan fingerprint density at radius 1 is 0.800 bits per heavy atom. The third-order valence-corrected chi connectivity index (χ3v) is 3.90. The summed E-state index contributed by atoms with van der Waals surface area (Å²) in [5.41, 5.74) is 0. The van der Waals surface area contributed by atoms with Crippen molar-refractivity contribution in [2.24, 2.45) is 0 Å². The molecule has 0 aromatic carbocycles. The van der Waals surface area contributed by atoms with Crippen molar-refractivity contribution in [2.75, 3.05) is 39.6 Å². The van der Waals surface area contributed by atoms with Crippen molar-refractivity contribution in [1.29, 1.82) is 0 Å². The molecule has 0 atom stereocenters. The first kappa shape index (κ1) is 22.7. The highest BCUT2D eigenvalue weighted by Crippen LogP contribution is 2.43. The molecule has 0 aromatic heterocycles. The summed E-state index contributed by atoms with van der Waals surface area (Å²) < 4.78 is 20.8. The van der Waals surface area contributed by atoms with E-state index in [0.717, 1.165) is 25.7 Å². The second kappa shape index (κ2) is 15.8. The van der Waals surface area contributed by atoms with E-state index < -0.39 is 6.72 Å². The topological polar surface area (TPSA) is 92.2 Å². The number of unbranched alkanes of at least 4 members (excludes halogenated alkanes) is 2. The molecule has 0 fully saturated rings. The highest BCUT2D eigenvalue weighted by Gasteiger charge is 2.14. The van der Waals surface area contributed by atoms with Gasteiger partial charge < -0.3 is 29.6 Å². The van der Waals surface area contributed by atoms with Gasteiger partial charge in [-0.25, -0.2) is 0 Å². The van der Waals surface area contributed by atoms with E-state index in [-0.39, 0.29) is 19.4 Å². The van der Waals surface area contributed by atoms with Crippen LogP contribution in [0.3, 0.4) is 0 Å². The zero-order valence-electron chi connectivity index (χ0n) is 12.7. The van der Waals surface area contributed by atoms with Gasteiger partial charge in [0.05, 0.1) is 26.4 Å². The maximum absolute atomic E-state index is 9.69.